The Morgan fingerprint density at radius 1 is 1.40 bits per heavy atom. The fourth-order valence-corrected chi connectivity index (χ4v) is 2.56. The average Bonchev–Trinajstić information content (AvgIpc) is 2.63. The summed E-state index contributed by atoms with van der Waals surface area (Å²) in [6.45, 7) is 2.02. The molecule has 2 rings (SSSR count). The van der Waals surface area contributed by atoms with Gasteiger partial charge in [-0.1, -0.05) is 25.7 Å². The van der Waals surface area contributed by atoms with Crippen molar-refractivity contribution < 1.29 is 9.66 Å². The van der Waals surface area contributed by atoms with E-state index >= 15 is 0 Å². The Labute approximate surface area is 118 Å². The van der Waals surface area contributed by atoms with E-state index in [-0.39, 0.29) is 17.1 Å². The first-order valence-corrected chi connectivity index (χ1v) is 7.03. The second-order valence-corrected chi connectivity index (χ2v) is 5.63. The van der Waals surface area contributed by atoms with Gasteiger partial charge in [0, 0.05) is 11.8 Å². The third-order valence-electron chi connectivity index (χ3n) is 3.85. The van der Waals surface area contributed by atoms with Crippen molar-refractivity contribution in [1.82, 2.24) is 4.98 Å². The van der Waals surface area contributed by atoms with Crippen molar-refractivity contribution in [1.29, 1.82) is 0 Å². The van der Waals surface area contributed by atoms with Crippen LogP contribution >= 0.6 is 0 Å². The molecule has 0 atom stereocenters. The van der Waals surface area contributed by atoms with E-state index in [1.807, 2.05) is 0 Å². The quantitative estimate of drug-likeness (QED) is 0.520. The normalized spacial score (nSPS) is 18.3. The molecule has 1 aromatic rings. The second-order valence-electron chi connectivity index (χ2n) is 5.63. The van der Waals surface area contributed by atoms with Gasteiger partial charge in [0.15, 0.2) is 0 Å². The van der Waals surface area contributed by atoms with Crippen LogP contribution in [0.5, 0.6) is 5.88 Å². The number of ether oxygens (including phenoxy) is 1. The van der Waals surface area contributed by atoms with E-state index in [0.29, 0.717) is 12.2 Å². The van der Waals surface area contributed by atoms with E-state index in [0.717, 1.165) is 25.7 Å². The maximum atomic E-state index is 10.9. The molecule has 0 saturated heterocycles. The third kappa shape index (κ3) is 3.66. The molecule has 1 aliphatic rings. The molecule has 6 nitrogen and oxygen atoms in total. The highest BCUT2D eigenvalue weighted by Gasteiger charge is 2.27. The van der Waals surface area contributed by atoms with Gasteiger partial charge in [0.1, 0.15) is 6.61 Å². The highest BCUT2D eigenvalue weighted by molar-refractivity contribution is 5.40. The van der Waals surface area contributed by atoms with Crippen molar-refractivity contribution in [2.45, 2.75) is 51.0 Å². The lowest BCUT2D eigenvalue weighted by Crippen LogP contribution is -2.45. The molecule has 0 aromatic carbocycles. The summed E-state index contributed by atoms with van der Waals surface area (Å²) in [5.74, 6) is 0.274. The number of pyridine rings is 1. The summed E-state index contributed by atoms with van der Waals surface area (Å²) in [6, 6.07) is 1.37. The summed E-state index contributed by atoms with van der Waals surface area (Å²) in [5, 5.41) is 10.9. The van der Waals surface area contributed by atoms with E-state index in [2.05, 4.69) is 4.98 Å². The predicted octanol–water partition coefficient (Wildman–Crippen LogP) is 2.73. The number of hydrogen-bond donors (Lipinski definition) is 1. The van der Waals surface area contributed by atoms with Gasteiger partial charge in [-0.2, -0.15) is 0 Å². The molecule has 6 heteroatoms. The lowest BCUT2D eigenvalue weighted by molar-refractivity contribution is -0.385. The van der Waals surface area contributed by atoms with E-state index in [9.17, 15) is 10.1 Å². The molecule has 0 spiro atoms. The molecule has 1 aromatic heterocycles. The Hall–Kier alpha value is -1.69. The van der Waals surface area contributed by atoms with Crippen LogP contribution in [0.2, 0.25) is 0 Å². The van der Waals surface area contributed by atoms with Gasteiger partial charge in [-0.3, -0.25) is 10.1 Å². The SMILES string of the molecule is Cc1cnc(OCC2(N)CCCCCC2)cc1[N+](=O)[O-]. The van der Waals surface area contributed by atoms with E-state index in [4.69, 9.17) is 10.5 Å². The van der Waals surface area contributed by atoms with Gasteiger partial charge in [0.25, 0.3) is 5.69 Å². The molecule has 0 radical (unpaired) electrons. The van der Waals surface area contributed by atoms with Gasteiger partial charge < -0.3 is 10.5 Å². The smallest absolute Gasteiger partial charge is 0.279 e. The molecule has 2 N–H and O–H groups in total. The zero-order chi connectivity index (χ0) is 14.6. The Balaban J connectivity index is 2.03. The van der Waals surface area contributed by atoms with Crippen molar-refractivity contribution >= 4 is 5.69 Å². The minimum atomic E-state index is -0.423. The topological polar surface area (TPSA) is 91.3 Å². The maximum absolute atomic E-state index is 10.9. The molecule has 1 saturated carbocycles. The first-order chi connectivity index (χ1) is 9.50. The molecule has 0 bridgehead atoms. The maximum Gasteiger partial charge on any atom is 0.279 e. The standard InChI is InChI=1S/C14H21N3O3/c1-11-9-16-13(8-12(11)17(18)19)20-10-14(15)6-4-2-3-5-7-14/h8-9H,2-7,10,15H2,1H3. The number of rotatable bonds is 4. The number of nitrogens with zero attached hydrogens (tertiary/aromatic N) is 2. The van der Waals surface area contributed by atoms with Crippen LogP contribution in [0, 0.1) is 17.0 Å². The zero-order valence-corrected chi connectivity index (χ0v) is 11.8. The summed E-state index contributed by atoms with van der Waals surface area (Å²) >= 11 is 0. The Kier molecular flexibility index (Phi) is 4.54. The summed E-state index contributed by atoms with van der Waals surface area (Å²) in [6.07, 6.45) is 7.98. The van der Waals surface area contributed by atoms with Crippen LogP contribution in [0.15, 0.2) is 12.3 Å². The minimum absolute atomic E-state index is 0.0296. The Morgan fingerprint density at radius 3 is 2.65 bits per heavy atom. The molecular weight excluding hydrogens is 258 g/mol. The van der Waals surface area contributed by atoms with E-state index in [1.165, 1.54) is 25.1 Å². The largest absolute Gasteiger partial charge is 0.476 e. The average molecular weight is 279 g/mol. The van der Waals surface area contributed by atoms with Gasteiger partial charge in [0.05, 0.1) is 16.5 Å². The van der Waals surface area contributed by atoms with Crippen LogP contribution in [0.4, 0.5) is 5.69 Å². The van der Waals surface area contributed by atoms with Gasteiger partial charge in [-0.15, -0.1) is 0 Å². The number of aryl methyl sites for hydroxylation is 1. The molecule has 0 unspecified atom stereocenters. The second kappa shape index (κ2) is 6.17. The van der Waals surface area contributed by atoms with E-state index in [1.54, 1.807) is 6.92 Å². The predicted molar refractivity (Wildman–Crippen MR) is 75.7 cm³/mol. The van der Waals surface area contributed by atoms with Crippen LogP contribution in [0.25, 0.3) is 0 Å². The molecule has 20 heavy (non-hydrogen) atoms. The molecule has 1 heterocycles. The first-order valence-electron chi connectivity index (χ1n) is 7.03. The molecule has 0 amide bonds. The molecule has 110 valence electrons. The lowest BCUT2D eigenvalue weighted by atomic mass is 9.93. The van der Waals surface area contributed by atoms with Crippen LogP contribution in [0.3, 0.4) is 0 Å². The van der Waals surface area contributed by atoms with Gasteiger partial charge in [-0.25, -0.2) is 4.98 Å². The number of nitro groups is 1. The molecule has 1 aliphatic carbocycles. The summed E-state index contributed by atoms with van der Waals surface area (Å²) in [5.41, 5.74) is 6.57. The number of aromatic nitrogens is 1. The van der Waals surface area contributed by atoms with Crippen molar-refractivity contribution in [2.24, 2.45) is 5.73 Å². The lowest BCUT2D eigenvalue weighted by Gasteiger charge is -2.27. The highest BCUT2D eigenvalue weighted by atomic mass is 16.6. The summed E-state index contributed by atoms with van der Waals surface area (Å²) in [4.78, 5) is 14.5. The summed E-state index contributed by atoms with van der Waals surface area (Å²) < 4.78 is 5.61. The van der Waals surface area contributed by atoms with Crippen molar-refractivity contribution in [3.8, 4) is 5.88 Å². The third-order valence-corrected chi connectivity index (χ3v) is 3.85. The monoisotopic (exact) mass is 279 g/mol. The Morgan fingerprint density at radius 2 is 2.05 bits per heavy atom. The van der Waals surface area contributed by atoms with Crippen LogP contribution in [-0.2, 0) is 0 Å². The van der Waals surface area contributed by atoms with E-state index < -0.39 is 4.92 Å². The number of nitrogens with two attached hydrogens (primary N) is 1. The highest BCUT2D eigenvalue weighted by Crippen LogP contribution is 2.27. The molecule has 0 aliphatic heterocycles. The van der Waals surface area contributed by atoms with Crippen molar-refractivity contribution in [2.75, 3.05) is 6.61 Å². The van der Waals surface area contributed by atoms with Gasteiger partial charge in [0.2, 0.25) is 5.88 Å². The fourth-order valence-electron chi connectivity index (χ4n) is 2.56. The first kappa shape index (κ1) is 14.7. The minimum Gasteiger partial charge on any atom is -0.476 e. The van der Waals surface area contributed by atoms with Gasteiger partial charge in [-0.05, 0) is 19.8 Å². The van der Waals surface area contributed by atoms with Gasteiger partial charge >= 0.3 is 0 Å². The van der Waals surface area contributed by atoms with Crippen LogP contribution in [-0.4, -0.2) is 22.1 Å². The summed E-state index contributed by atoms with van der Waals surface area (Å²) in [7, 11) is 0. The molecular formula is C14H21N3O3. The van der Waals surface area contributed by atoms with Crippen molar-refractivity contribution in [3.05, 3.63) is 27.9 Å². The van der Waals surface area contributed by atoms with Crippen LogP contribution < -0.4 is 10.5 Å². The van der Waals surface area contributed by atoms with Crippen molar-refractivity contribution in [3.63, 3.8) is 0 Å². The molecule has 1 fully saturated rings. The number of hydrogen-bond acceptors (Lipinski definition) is 5. The van der Waals surface area contributed by atoms with Crippen LogP contribution in [0.1, 0.15) is 44.1 Å². The fraction of sp³-hybridized carbons (Fsp3) is 0.643. The zero-order valence-electron chi connectivity index (χ0n) is 11.8. The Bertz CT molecular complexity index is 483.